The maximum atomic E-state index is 13.1. The van der Waals surface area contributed by atoms with Gasteiger partial charge in [0, 0.05) is 24.2 Å². The first-order valence-corrected chi connectivity index (χ1v) is 13.1. The largest absolute Gasteiger partial charge is 0.504 e. The van der Waals surface area contributed by atoms with Crippen LogP contribution >= 0.6 is 11.8 Å². The summed E-state index contributed by atoms with van der Waals surface area (Å²) in [5.41, 5.74) is 2.03. The first-order valence-electron chi connectivity index (χ1n) is 12.3. The number of imide groups is 1. The lowest BCUT2D eigenvalue weighted by Gasteiger charge is -2.23. The number of phenols is 2. The van der Waals surface area contributed by atoms with Crippen molar-refractivity contribution in [1.82, 2.24) is 4.90 Å². The van der Waals surface area contributed by atoms with Crippen LogP contribution in [-0.2, 0) is 16.1 Å². The van der Waals surface area contributed by atoms with E-state index in [0.29, 0.717) is 28.4 Å². The number of nitrogens with zero attached hydrogens (tertiary/aromatic N) is 2. The lowest BCUT2D eigenvalue weighted by atomic mass is 10.1. The molecule has 5 rings (SSSR count). The Balaban J connectivity index is 1.38. The molecule has 0 aromatic heterocycles. The van der Waals surface area contributed by atoms with Gasteiger partial charge in [0.1, 0.15) is 11.5 Å². The number of benzene rings is 4. The average molecular weight is 553 g/mol. The number of hydrogen-bond donors (Lipinski definition) is 2. The Kier molecular flexibility index (Phi) is 7.56. The minimum Gasteiger partial charge on any atom is -0.504 e. The SMILES string of the molecule is CC(=O)N(c1cccc(CN2C(=O)SC(=Cc3cccc(O)c3O)C2=O)c1)c1cccc(Oc2ccccc2)c1. The second-order valence-electron chi connectivity index (χ2n) is 8.92. The van der Waals surface area contributed by atoms with Crippen LogP contribution in [0.25, 0.3) is 6.08 Å². The molecule has 0 saturated carbocycles. The highest BCUT2D eigenvalue weighted by Crippen LogP contribution is 2.37. The summed E-state index contributed by atoms with van der Waals surface area (Å²) >= 11 is 0.752. The first-order chi connectivity index (χ1) is 19.3. The third-order valence-corrected chi connectivity index (χ3v) is 6.99. The van der Waals surface area contributed by atoms with Crippen LogP contribution in [0.1, 0.15) is 18.1 Å². The molecule has 0 aliphatic carbocycles. The number of anilines is 2. The summed E-state index contributed by atoms with van der Waals surface area (Å²) in [6.07, 6.45) is 1.37. The van der Waals surface area contributed by atoms with Gasteiger partial charge in [-0.1, -0.05) is 48.5 Å². The van der Waals surface area contributed by atoms with Gasteiger partial charge in [-0.25, -0.2) is 0 Å². The molecule has 40 heavy (non-hydrogen) atoms. The van der Waals surface area contributed by atoms with Crippen molar-refractivity contribution >= 4 is 46.3 Å². The van der Waals surface area contributed by atoms with Crippen molar-refractivity contribution < 1.29 is 29.3 Å². The fourth-order valence-electron chi connectivity index (χ4n) is 4.24. The number of hydrogen-bond acceptors (Lipinski definition) is 7. The Morgan fingerprint density at radius 1 is 0.875 bits per heavy atom. The molecule has 0 spiro atoms. The third-order valence-electron chi connectivity index (χ3n) is 6.09. The molecule has 0 unspecified atom stereocenters. The highest BCUT2D eigenvalue weighted by atomic mass is 32.2. The predicted octanol–water partition coefficient (Wildman–Crippen LogP) is 6.81. The number of carbonyl (C=O) groups is 3. The molecule has 0 radical (unpaired) electrons. The standard InChI is InChI=1S/C31H24N2O6S/c1-20(34)33(24-11-7-14-26(18-24)39-25-12-3-2-4-13-25)23-10-5-8-21(16-23)19-32-30(37)28(40-31(32)38)17-22-9-6-15-27(35)29(22)36/h2-18,35-36H,19H2,1H3. The summed E-state index contributed by atoms with van der Waals surface area (Å²) in [6.45, 7) is 1.44. The number of ether oxygens (including phenoxy) is 1. The van der Waals surface area contributed by atoms with Gasteiger partial charge in [-0.15, -0.1) is 0 Å². The van der Waals surface area contributed by atoms with Crippen molar-refractivity contribution in [1.29, 1.82) is 0 Å². The Morgan fingerprint density at radius 3 is 2.30 bits per heavy atom. The van der Waals surface area contributed by atoms with E-state index in [-0.39, 0.29) is 34.4 Å². The van der Waals surface area contributed by atoms with Crippen LogP contribution in [0.5, 0.6) is 23.0 Å². The quantitative estimate of drug-likeness (QED) is 0.192. The molecule has 0 bridgehead atoms. The maximum Gasteiger partial charge on any atom is 0.293 e. The molecule has 4 aromatic carbocycles. The number of phenolic OH excluding ortho intramolecular Hbond substituents is 2. The normalized spacial score (nSPS) is 14.0. The van der Waals surface area contributed by atoms with E-state index in [2.05, 4.69) is 0 Å². The van der Waals surface area contributed by atoms with E-state index in [1.54, 1.807) is 48.5 Å². The molecule has 2 N–H and O–H groups in total. The third kappa shape index (κ3) is 5.69. The van der Waals surface area contributed by atoms with E-state index >= 15 is 0 Å². The van der Waals surface area contributed by atoms with Gasteiger partial charge in [-0.3, -0.25) is 24.2 Å². The molecule has 4 aromatic rings. The molecule has 9 heteroatoms. The molecular formula is C31H24N2O6S. The average Bonchev–Trinajstić information content (AvgIpc) is 3.19. The number of rotatable bonds is 7. The van der Waals surface area contributed by atoms with Crippen molar-refractivity contribution in [2.45, 2.75) is 13.5 Å². The predicted molar refractivity (Wildman–Crippen MR) is 154 cm³/mol. The fourth-order valence-corrected chi connectivity index (χ4v) is 5.07. The van der Waals surface area contributed by atoms with E-state index in [9.17, 15) is 24.6 Å². The van der Waals surface area contributed by atoms with Crippen LogP contribution in [0.3, 0.4) is 0 Å². The molecule has 1 saturated heterocycles. The van der Waals surface area contributed by atoms with Gasteiger partial charge in [0.2, 0.25) is 5.91 Å². The molecule has 0 atom stereocenters. The zero-order valence-electron chi connectivity index (χ0n) is 21.4. The molecule has 1 fully saturated rings. The fraction of sp³-hybridized carbons (Fsp3) is 0.0645. The van der Waals surface area contributed by atoms with Crippen molar-refractivity contribution in [3.05, 3.63) is 113 Å². The van der Waals surface area contributed by atoms with Gasteiger partial charge >= 0.3 is 0 Å². The van der Waals surface area contributed by atoms with Crippen LogP contribution in [0.15, 0.2) is 102 Å². The number of amides is 3. The summed E-state index contributed by atoms with van der Waals surface area (Å²) in [5.74, 6) is -0.206. The second kappa shape index (κ2) is 11.4. The van der Waals surface area contributed by atoms with Crippen LogP contribution in [0.4, 0.5) is 16.2 Å². The Morgan fingerprint density at radius 2 is 1.55 bits per heavy atom. The van der Waals surface area contributed by atoms with Crippen molar-refractivity contribution in [2.75, 3.05) is 4.90 Å². The van der Waals surface area contributed by atoms with E-state index < -0.39 is 11.1 Å². The Hall–Kier alpha value is -5.02. The Labute approximate surface area is 234 Å². The van der Waals surface area contributed by atoms with Crippen LogP contribution in [0.2, 0.25) is 0 Å². The second-order valence-corrected chi connectivity index (χ2v) is 9.91. The first kappa shape index (κ1) is 26.6. The minimum absolute atomic E-state index is 0.00916. The van der Waals surface area contributed by atoms with Gasteiger partial charge in [0.15, 0.2) is 11.5 Å². The topological polar surface area (TPSA) is 107 Å². The highest BCUT2D eigenvalue weighted by Gasteiger charge is 2.35. The number of para-hydroxylation sites is 2. The van der Waals surface area contributed by atoms with Crippen molar-refractivity contribution in [2.24, 2.45) is 0 Å². The summed E-state index contributed by atoms with van der Waals surface area (Å²) in [7, 11) is 0. The summed E-state index contributed by atoms with van der Waals surface area (Å²) < 4.78 is 5.93. The van der Waals surface area contributed by atoms with Gasteiger partial charge < -0.3 is 14.9 Å². The van der Waals surface area contributed by atoms with Crippen LogP contribution < -0.4 is 9.64 Å². The molecule has 1 aliphatic heterocycles. The van der Waals surface area contributed by atoms with Gasteiger partial charge in [-0.2, -0.15) is 0 Å². The van der Waals surface area contributed by atoms with Gasteiger partial charge in [-0.05, 0) is 65.9 Å². The summed E-state index contributed by atoms with van der Waals surface area (Å²) in [5, 5.41) is 19.3. The minimum atomic E-state index is -0.516. The zero-order chi connectivity index (χ0) is 28.2. The number of aromatic hydroxyl groups is 2. The highest BCUT2D eigenvalue weighted by molar-refractivity contribution is 8.18. The molecule has 8 nitrogen and oxygen atoms in total. The molecule has 200 valence electrons. The van der Waals surface area contributed by atoms with Crippen molar-refractivity contribution in [3.63, 3.8) is 0 Å². The molecular weight excluding hydrogens is 528 g/mol. The summed E-state index contributed by atoms with van der Waals surface area (Å²) in [6, 6.07) is 27.9. The number of thioether (sulfide) groups is 1. The lowest BCUT2D eigenvalue weighted by Crippen LogP contribution is -2.28. The monoisotopic (exact) mass is 552 g/mol. The van der Waals surface area contributed by atoms with E-state index in [1.807, 2.05) is 30.3 Å². The van der Waals surface area contributed by atoms with E-state index in [1.165, 1.54) is 36.1 Å². The maximum absolute atomic E-state index is 13.1. The van der Waals surface area contributed by atoms with Crippen molar-refractivity contribution in [3.8, 4) is 23.0 Å². The molecule has 1 aliphatic rings. The lowest BCUT2D eigenvalue weighted by molar-refractivity contribution is -0.123. The number of carbonyl (C=O) groups excluding carboxylic acids is 3. The summed E-state index contributed by atoms with van der Waals surface area (Å²) in [4.78, 5) is 41.3. The van der Waals surface area contributed by atoms with Crippen LogP contribution in [-0.4, -0.2) is 32.2 Å². The van der Waals surface area contributed by atoms with E-state index in [0.717, 1.165) is 16.7 Å². The van der Waals surface area contributed by atoms with Crippen LogP contribution in [0, 0.1) is 0 Å². The molecule has 3 amide bonds. The molecule has 1 heterocycles. The van der Waals surface area contributed by atoms with E-state index in [4.69, 9.17) is 4.74 Å². The Bertz CT molecular complexity index is 1640. The smallest absolute Gasteiger partial charge is 0.293 e. The zero-order valence-corrected chi connectivity index (χ0v) is 22.2. The van der Waals surface area contributed by atoms with Gasteiger partial charge in [0.05, 0.1) is 17.1 Å². The van der Waals surface area contributed by atoms with Gasteiger partial charge in [0.25, 0.3) is 11.1 Å².